The third kappa shape index (κ3) is 5.79. The van der Waals surface area contributed by atoms with E-state index in [2.05, 4.69) is 20.9 Å². The molecule has 0 aromatic rings. The van der Waals surface area contributed by atoms with Gasteiger partial charge < -0.3 is 15.5 Å². The average Bonchev–Trinajstić information content (AvgIpc) is 2.80. The topological polar surface area (TPSA) is 85.8 Å². The summed E-state index contributed by atoms with van der Waals surface area (Å²) < 4.78 is 36.4. The van der Waals surface area contributed by atoms with E-state index in [1.807, 2.05) is 4.90 Å². The Morgan fingerprint density at radius 3 is 2.46 bits per heavy atom. The quantitative estimate of drug-likeness (QED) is 0.177. The standard InChI is InChI=1S/C14H22F3N5O2S.HI/c1-13(10(23)20-12(24)21-13)9-3-6-22(7-4-9)11(18-2)19-5-8-25-14(15,16)17;/h9H,3-8H2,1-2H3,(H,18,19)(H2,20,21,23,24);1H. The van der Waals surface area contributed by atoms with E-state index in [0.29, 0.717) is 31.9 Å². The summed E-state index contributed by atoms with van der Waals surface area (Å²) in [5, 5.41) is 7.88. The molecule has 1 atom stereocenters. The van der Waals surface area contributed by atoms with Crippen LogP contribution in [0.3, 0.4) is 0 Å². The molecule has 2 aliphatic heterocycles. The van der Waals surface area contributed by atoms with Gasteiger partial charge in [0, 0.05) is 32.4 Å². The maximum absolute atomic E-state index is 12.1. The van der Waals surface area contributed by atoms with Gasteiger partial charge >= 0.3 is 11.5 Å². The number of nitrogens with one attached hydrogen (secondary N) is 3. The number of rotatable bonds is 4. The number of carbonyl (C=O) groups is 2. The van der Waals surface area contributed by atoms with Crippen molar-refractivity contribution in [1.29, 1.82) is 0 Å². The molecule has 0 aromatic carbocycles. The molecule has 26 heavy (non-hydrogen) atoms. The van der Waals surface area contributed by atoms with Gasteiger partial charge in [-0.2, -0.15) is 13.2 Å². The summed E-state index contributed by atoms with van der Waals surface area (Å²) in [7, 11) is 1.58. The molecule has 7 nitrogen and oxygen atoms in total. The van der Waals surface area contributed by atoms with Crippen molar-refractivity contribution in [2.45, 2.75) is 30.8 Å². The van der Waals surface area contributed by atoms with Crippen LogP contribution in [0.5, 0.6) is 0 Å². The molecule has 2 fully saturated rings. The number of guanidine groups is 1. The predicted molar refractivity (Wildman–Crippen MR) is 105 cm³/mol. The van der Waals surface area contributed by atoms with Crippen molar-refractivity contribution in [3.05, 3.63) is 0 Å². The lowest BCUT2D eigenvalue weighted by molar-refractivity contribution is -0.125. The summed E-state index contributed by atoms with van der Waals surface area (Å²) in [4.78, 5) is 29.4. The molecule has 0 saturated carbocycles. The van der Waals surface area contributed by atoms with Crippen LogP contribution in [0.2, 0.25) is 0 Å². The minimum Gasteiger partial charge on any atom is -0.355 e. The molecule has 0 aliphatic carbocycles. The Labute approximate surface area is 171 Å². The number of thioether (sulfide) groups is 1. The van der Waals surface area contributed by atoms with Gasteiger partial charge in [0.2, 0.25) is 0 Å². The molecule has 2 heterocycles. The molecular weight excluding hydrogens is 486 g/mol. The van der Waals surface area contributed by atoms with E-state index in [0.717, 1.165) is 0 Å². The second-order valence-corrected chi connectivity index (χ2v) is 7.30. The minimum absolute atomic E-state index is 0. The van der Waals surface area contributed by atoms with Gasteiger partial charge in [-0.1, -0.05) is 0 Å². The summed E-state index contributed by atoms with van der Waals surface area (Å²) in [6, 6.07) is -0.477. The van der Waals surface area contributed by atoms with Crippen LogP contribution in [0.15, 0.2) is 4.99 Å². The second-order valence-electron chi connectivity index (χ2n) is 6.14. The number of hydrogen-bond acceptors (Lipinski definition) is 4. The summed E-state index contributed by atoms with van der Waals surface area (Å²) >= 11 is -0.0709. The van der Waals surface area contributed by atoms with E-state index in [4.69, 9.17) is 0 Å². The van der Waals surface area contributed by atoms with Crippen molar-refractivity contribution in [1.82, 2.24) is 20.9 Å². The number of hydrogen-bond donors (Lipinski definition) is 3. The van der Waals surface area contributed by atoms with E-state index in [9.17, 15) is 22.8 Å². The zero-order chi connectivity index (χ0) is 18.7. The number of imide groups is 1. The lowest BCUT2D eigenvalue weighted by Crippen LogP contribution is -2.55. The van der Waals surface area contributed by atoms with Crippen molar-refractivity contribution < 1.29 is 22.8 Å². The number of halogens is 4. The Hall–Kier alpha value is -0.920. The Bertz CT molecular complexity index is 555. The third-order valence-electron chi connectivity index (χ3n) is 4.55. The van der Waals surface area contributed by atoms with E-state index < -0.39 is 17.1 Å². The van der Waals surface area contributed by atoms with E-state index >= 15 is 0 Å². The van der Waals surface area contributed by atoms with Crippen LogP contribution >= 0.6 is 35.7 Å². The highest BCUT2D eigenvalue weighted by Crippen LogP contribution is 2.31. The highest BCUT2D eigenvalue weighted by Gasteiger charge is 2.48. The number of nitrogens with zero attached hydrogens (tertiary/aromatic N) is 2. The van der Waals surface area contributed by atoms with Gasteiger partial charge in [-0.25, -0.2) is 4.79 Å². The SMILES string of the molecule is CN=C(NCCSC(F)(F)F)N1CCC(C2(C)NC(=O)NC2=O)CC1.I. The molecule has 3 N–H and O–H groups in total. The monoisotopic (exact) mass is 509 g/mol. The smallest absolute Gasteiger partial charge is 0.355 e. The third-order valence-corrected chi connectivity index (χ3v) is 5.28. The predicted octanol–water partition coefficient (Wildman–Crippen LogP) is 1.74. The van der Waals surface area contributed by atoms with Crippen LogP contribution in [-0.2, 0) is 4.79 Å². The molecule has 150 valence electrons. The first-order chi connectivity index (χ1) is 11.7. The summed E-state index contributed by atoms with van der Waals surface area (Å²) in [5.74, 6) is 0.131. The molecular formula is C14H23F3IN5O2S. The van der Waals surface area contributed by atoms with Gasteiger partial charge in [-0.15, -0.1) is 24.0 Å². The molecule has 0 aromatic heterocycles. The summed E-state index contributed by atoms with van der Waals surface area (Å²) in [6.45, 7) is 3.09. The Morgan fingerprint density at radius 1 is 1.38 bits per heavy atom. The first-order valence-corrected chi connectivity index (χ1v) is 8.94. The van der Waals surface area contributed by atoms with E-state index in [1.54, 1.807) is 14.0 Å². The van der Waals surface area contributed by atoms with E-state index in [-0.39, 0.29) is 59.9 Å². The number of alkyl halides is 3. The van der Waals surface area contributed by atoms with Crippen LogP contribution < -0.4 is 16.0 Å². The highest BCUT2D eigenvalue weighted by atomic mass is 127. The summed E-state index contributed by atoms with van der Waals surface area (Å²) in [6.07, 6.45) is 1.34. The molecule has 2 rings (SSSR count). The Balaban J connectivity index is 0.00000338. The van der Waals surface area contributed by atoms with Crippen molar-refractivity contribution in [3.63, 3.8) is 0 Å². The molecule has 0 radical (unpaired) electrons. The lowest BCUT2D eigenvalue weighted by Gasteiger charge is -2.39. The Morgan fingerprint density at radius 2 is 2.00 bits per heavy atom. The van der Waals surface area contributed by atoms with Crippen LogP contribution in [0.4, 0.5) is 18.0 Å². The van der Waals surface area contributed by atoms with E-state index in [1.165, 1.54) is 0 Å². The fourth-order valence-electron chi connectivity index (χ4n) is 3.17. The fourth-order valence-corrected chi connectivity index (χ4v) is 3.61. The van der Waals surface area contributed by atoms with Crippen LogP contribution in [0, 0.1) is 5.92 Å². The molecule has 1 unspecified atom stereocenters. The van der Waals surface area contributed by atoms with Crippen molar-refractivity contribution >= 4 is 53.6 Å². The average molecular weight is 509 g/mol. The van der Waals surface area contributed by atoms with Gasteiger partial charge in [-0.05, 0) is 37.4 Å². The Kier molecular flexibility index (Phi) is 8.30. The number of carbonyl (C=O) groups excluding carboxylic acids is 2. The molecule has 2 aliphatic rings. The van der Waals surface area contributed by atoms with Crippen molar-refractivity contribution in [3.8, 4) is 0 Å². The largest absolute Gasteiger partial charge is 0.441 e. The molecule has 3 amide bonds. The van der Waals surface area contributed by atoms with Crippen LogP contribution in [0.25, 0.3) is 0 Å². The normalized spacial score (nSPS) is 24.8. The van der Waals surface area contributed by atoms with Gasteiger partial charge in [0.1, 0.15) is 5.54 Å². The maximum atomic E-state index is 12.1. The van der Waals surface area contributed by atoms with Crippen LogP contribution in [0.1, 0.15) is 19.8 Å². The first-order valence-electron chi connectivity index (χ1n) is 7.95. The number of amides is 3. The van der Waals surface area contributed by atoms with Crippen LogP contribution in [-0.4, -0.2) is 66.3 Å². The highest BCUT2D eigenvalue weighted by molar-refractivity contribution is 14.0. The van der Waals surface area contributed by atoms with Gasteiger partial charge in [-0.3, -0.25) is 15.1 Å². The van der Waals surface area contributed by atoms with Gasteiger partial charge in [0.15, 0.2) is 5.96 Å². The first kappa shape index (κ1) is 23.1. The minimum atomic E-state index is -4.23. The number of piperidine rings is 1. The zero-order valence-corrected chi connectivity index (χ0v) is 17.6. The maximum Gasteiger partial charge on any atom is 0.441 e. The van der Waals surface area contributed by atoms with Gasteiger partial charge in [0.05, 0.1) is 0 Å². The van der Waals surface area contributed by atoms with Crippen molar-refractivity contribution in [2.75, 3.05) is 32.4 Å². The van der Waals surface area contributed by atoms with Gasteiger partial charge in [0.25, 0.3) is 5.91 Å². The lowest BCUT2D eigenvalue weighted by atomic mass is 9.79. The molecule has 2 saturated heterocycles. The summed E-state index contributed by atoms with van der Waals surface area (Å²) in [5.41, 5.74) is -5.14. The number of likely N-dealkylation sites (tertiary alicyclic amines) is 1. The number of urea groups is 1. The van der Waals surface area contributed by atoms with Crippen molar-refractivity contribution in [2.24, 2.45) is 10.9 Å². The molecule has 12 heteroatoms. The number of aliphatic imine (C=N–C) groups is 1. The molecule has 0 bridgehead atoms. The fraction of sp³-hybridized carbons (Fsp3) is 0.786. The zero-order valence-electron chi connectivity index (χ0n) is 14.5. The second kappa shape index (κ2) is 9.33. The molecule has 0 spiro atoms.